The number of benzene rings is 1. The highest BCUT2D eigenvalue weighted by Gasteiger charge is 2.43. The molecule has 2 N–H and O–H groups in total. The van der Waals surface area contributed by atoms with Gasteiger partial charge in [-0.25, -0.2) is 8.78 Å². The third-order valence-electron chi connectivity index (χ3n) is 3.94. The molecular weight excluding hydrogens is 224 g/mol. The fraction of sp³-hybridized carbons (Fsp3) is 0.538. The molecule has 0 amide bonds. The normalized spacial score (nSPS) is 33.0. The Labute approximate surface area is 98.8 Å². The van der Waals surface area contributed by atoms with E-state index in [1.165, 1.54) is 6.07 Å². The van der Waals surface area contributed by atoms with Crippen LogP contribution in [0.15, 0.2) is 18.2 Å². The van der Waals surface area contributed by atoms with E-state index in [-0.39, 0.29) is 18.1 Å². The Morgan fingerprint density at radius 1 is 1.24 bits per heavy atom. The first-order chi connectivity index (χ1) is 8.15. The molecule has 0 radical (unpaired) electrons. The van der Waals surface area contributed by atoms with Gasteiger partial charge in [-0.1, -0.05) is 6.07 Å². The molecule has 1 aromatic carbocycles. The maximum absolute atomic E-state index is 13.2. The lowest BCUT2D eigenvalue weighted by atomic mass is 9.81. The summed E-state index contributed by atoms with van der Waals surface area (Å²) in [6.07, 6.45) is 3.59. The van der Waals surface area contributed by atoms with Crippen molar-refractivity contribution in [1.82, 2.24) is 0 Å². The molecule has 0 saturated carbocycles. The summed E-state index contributed by atoms with van der Waals surface area (Å²) in [6.45, 7) is 0. The predicted octanol–water partition coefficient (Wildman–Crippen LogP) is 2.53. The van der Waals surface area contributed by atoms with Gasteiger partial charge in [0.1, 0.15) is 0 Å². The van der Waals surface area contributed by atoms with Crippen molar-refractivity contribution in [2.45, 2.75) is 37.5 Å². The molecule has 0 aliphatic carbocycles. The second kappa shape index (κ2) is 4.03. The molecule has 2 aliphatic heterocycles. The Hall–Kier alpha value is -1.00. The Kier molecular flexibility index (Phi) is 2.64. The third kappa shape index (κ3) is 1.85. The zero-order valence-electron chi connectivity index (χ0n) is 9.40. The number of halogens is 2. The average Bonchev–Trinajstić information content (AvgIpc) is 2.93. The number of hydrogen-bond acceptors (Lipinski definition) is 2. The van der Waals surface area contributed by atoms with E-state index in [0.717, 1.165) is 25.3 Å². The van der Waals surface area contributed by atoms with Gasteiger partial charge in [-0.15, -0.1) is 0 Å². The highest BCUT2D eigenvalue weighted by atomic mass is 19.2. The number of nitrogens with two attached hydrogens (primary N) is 1. The summed E-state index contributed by atoms with van der Waals surface area (Å²) >= 11 is 0. The molecule has 3 rings (SSSR count). The molecule has 2 nitrogen and oxygen atoms in total. The first-order valence-corrected chi connectivity index (χ1v) is 6.01. The second-order valence-corrected chi connectivity index (χ2v) is 4.97. The van der Waals surface area contributed by atoms with Crippen LogP contribution in [0.25, 0.3) is 0 Å². The Bertz CT molecular complexity index is 437. The summed E-state index contributed by atoms with van der Waals surface area (Å²) < 4.78 is 31.7. The summed E-state index contributed by atoms with van der Waals surface area (Å²) in [4.78, 5) is 0. The van der Waals surface area contributed by atoms with Gasteiger partial charge in [-0.3, -0.25) is 0 Å². The first-order valence-electron chi connectivity index (χ1n) is 6.01. The van der Waals surface area contributed by atoms with Crippen LogP contribution in [0.3, 0.4) is 0 Å². The second-order valence-electron chi connectivity index (χ2n) is 4.97. The molecule has 0 spiro atoms. The van der Waals surface area contributed by atoms with E-state index in [9.17, 15) is 8.78 Å². The molecule has 2 aliphatic rings. The summed E-state index contributed by atoms with van der Waals surface area (Å²) in [5.41, 5.74) is 6.79. The van der Waals surface area contributed by atoms with Crippen LogP contribution in [0, 0.1) is 17.6 Å². The van der Waals surface area contributed by atoms with E-state index in [2.05, 4.69) is 0 Å². The molecule has 4 heteroatoms. The molecule has 1 aromatic rings. The van der Waals surface area contributed by atoms with Crippen LogP contribution in [0.1, 0.15) is 30.9 Å². The van der Waals surface area contributed by atoms with Crippen LogP contribution >= 0.6 is 0 Å². The standard InChI is InChI=1S/C13H15F2NO/c14-10-3-1-7(5-11(10)15)13(16)9-6-8-2-4-12(9)17-8/h1,3,5,8-9,12-13H,2,4,6,16H2. The Morgan fingerprint density at radius 2 is 2.06 bits per heavy atom. The van der Waals surface area contributed by atoms with E-state index in [1.807, 2.05) is 0 Å². The zero-order valence-corrected chi connectivity index (χ0v) is 9.40. The maximum Gasteiger partial charge on any atom is 0.159 e. The lowest BCUT2D eigenvalue weighted by Crippen LogP contribution is -2.29. The molecule has 4 unspecified atom stereocenters. The molecule has 2 heterocycles. The molecule has 92 valence electrons. The Balaban J connectivity index is 1.81. The van der Waals surface area contributed by atoms with E-state index in [4.69, 9.17) is 10.5 Å². The quantitative estimate of drug-likeness (QED) is 0.860. The minimum atomic E-state index is -0.831. The molecule has 0 aromatic heterocycles. The molecule has 2 bridgehead atoms. The van der Waals surface area contributed by atoms with Crippen molar-refractivity contribution in [1.29, 1.82) is 0 Å². The highest BCUT2D eigenvalue weighted by molar-refractivity contribution is 5.22. The Morgan fingerprint density at radius 3 is 2.65 bits per heavy atom. The summed E-state index contributed by atoms with van der Waals surface area (Å²) in [5.74, 6) is -1.43. The van der Waals surface area contributed by atoms with Gasteiger partial charge in [0.05, 0.1) is 12.2 Å². The predicted molar refractivity (Wildman–Crippen MR) is 59.3 cm³/mol. The largest absolute Gasteiger partial charge is 0.375 e. The van der Waals surface area contributed by atoms with Crippen molar-refractivity contribution in [3.05, 3.63) is 35.4 Å². The first kappa shape index (κ1) is 11.1. The SMILES string of the molecule is NC(c1ccc(F)c(F)c1)C1CC2CCC1O2. The third-order valence-corrected chi connectivity index (χ3v) is 3.94. The van der Waals surface area contributed by atoms with Gasteiger partial charge < -0.3 is 10.5 Å². The molecule has 4 atom stereocenters. The molecule has 2 saturated heterocycles. The van der Waals surface area contributed by atoms with Crippen LogP contribution in [-0.2, 0) is 4.74 Å². The number of ether oxygens (including phenoxy) is 1. The van der Waals surface area contributed by atoms with Crippen LogP contribution < -0.4 is 5.73 Å². The van der Waals surface area contributed by atoms with Crippen molar-refractivity contribution in [2.75, 3.05) is 0 Å². The van der Waals surface area contributed by atoms with E-state index < -0.39 is 11.6 Å². The van der Waals surface area contributed by atoms with Crippen LogP contribution in [0.4, 0.5) is 8.78 Å². The summed E-state index contributed by atoms with van der Waals surface area (Å²) in [6, 6.07) is 3.64. The van der Waals surface area contributed by atoms with Crippen LogP contribution in [0.5, 0.6) is 0 Å². The average molecular weight is 239 g/mol. The van der Waals surface area contributed by atoms with Crippen molar-refractivity contribution in [3.8, 4) is 0 Å². The number of rotatable bonds is 2. The molecule has 2 fully saturated rings. The van der Waals surface area contributed by atoms with E-state index in [1.54, 1.807) is 6.07 Å². The minimum absolute atomic E-state index is 0.197. The fourth-order valence-corrected chi connectivity index (χ4v) is 3.02. The van der Waals surface area contributed by atoms with E-state index in [0.29, 0.717) is 11.7 Å². The van der Waals surface area contributed by atoms with Crippen molar-refractivity contribution in [2.24, 2.45) is 11.7 Å². The van der Waals surface area contributed by atoms with Crippen molar-refractivity contribution >= 4 is 0 Å². The topological polar surface area (TPSA) is 35.2 Å². The van der Waals surface area contributed by atoms with Gasteiger partial charge in [-0.2, -0.15) is 0 Å². The zero-order chi connectivity index (χ0) is 12.0. The monoisotopic (exact) mass is 239 g/mol. The lowest BCUT2D eigenvalue weighted by molar-refractivity contribution is 0.0884. The summed E-state index contributed by atoms with van der Waals surface area (Å²) in [5, 5.41) is 0. The number of fused-ring (bicyclic) bond motifs is 2. The van der Waals surface area contributed by atoms with Crippen molar-refractivity contribution < 1.29 is 13.5 Å². The fourth-order valence-electron chi connectivity index (χ4n) is 3.02. The van der Waals surface area contributed by atoms with Crippen molar-refractivity contribution in [3.63, 3.8) is 0 Å². The summed E-state index contributed by atoms with van der Waals surface area (Å²) in [7, 11) is 0. The van der Waals surface area contributed by atoms with Gasteiger partial charge in [0.15, 0.2) is 11.6 Å². The smallest absolute Gasteiger partial charge is 0.159 e. The minimum Gasteiger partial charge on any atom is -0.375 e. The maximum atomic E-state index is 13.2. The molecular formula is C13H15F2NO. The highest BCUT2D eigenvalue weighted by Crippen LogP contribution is 2.43. The van der Waals surface area contributed by atoms with Gasteiger partial charge in [0.25, 0.3) is 0 Å². The van der Waals surface area contributed by atoms with Crippen LogP contribution in [-0.4, -0.2) is 12.2 Å². The number of hydrogen-bond donors (Lipinski definition) is 1. The van der Waals surface area contributed by atoms with E-state index >= 15 is 0 Å². The van der Waals surface area contributed by atoms with Gasteiger partial charge in [0, 0.05) is 12.0 Å². The van der Waals surface area contributed by atoms with Crippen LogP contribution in [0.2, 0.25) is 0 Å². The molecule has 17 heavy (non-hydrogen) atoms. The van der Waals surface area contributed by atoms with Gasteiger partial charge in [0.2, 0.25) is 0 Å². The van der Waals surface area contributed by atoms with Gasteiger partial charge >= 0.3 is 0 Å². The lowest BCUT2D eigenvalue weighted by Gasteiger charge is -2.25. The van der Waals surface area contributed by atoms with Gasteiger partial charge in [-0.05, 0) is 37.0 Å².